The second kappa shape index (κ2) is 9.30. The van der Waals surface area contributed by atoms with Crippen molar-refractivity contribution in [3.05, 3.63) is 95.2 Å². The summed E-state index contributed by atoms with van der Waals surface area (Å²) in [5.74, 6) is 0.969. The summed E-state index contributed by atoms with van der Waals surface area (Å²) >= 11 is 0. The number of rotatable bonds is 6. The van der Waals surface area contributed by atoms with Crippen LogP contribution in [0.3, 0.4) is 0 Å². The fourth-order valence-electron chi connectivity index (χ4n) is 4.53. The number of nitrogens with zero attached hydrogens (tertiary/aromatic N) is 4. The fraction of sp³-hybridized carbons (Fsp3) is 0.179. The SMILES string of the molecule is CCc1ccc(F)c(C(c2cc3cc(N)ccc3c(N)n2)c2nc(-c3ccccc3OC)nn2C)c1. The number of ether oxygens (including phenoxy) is 1. The summed E-state index contributed by atoms with van der Waals surface area (Å²) in [5, 5.41) is 6.26. The van der Waals surface area contributed by atoms with Gasteiger partial charge >= 0.3 is 0 Å². The van der Waals surface area contributed by atoms with Crippen LogP contribution in [0.25, 0.3) is 22.2 Å². The van der Waals surface area contributed by atoms with Crippen molar-refractivity contribution in [3.8, 4) is 17.1 Å². The molecule has 1 unspecified atom stereocenters. The Labute approximate surface area is 208 Å². The number of pyridine rings is 1. The third-order valence-corrected chi connectivity index (χ3v) is 6.38. The zero-order valence-corrected chi connectivity index (χ0v) is 20.4. The van der Waals surface area contributed by atoms with Crippen molar-refractivity contribution >= 4 is 22.3 Å². The maximum atomic E-state index is 15.4. The van der Waals surface area contributed by atoms with Crippen LogP contribution in [-0.4, -0.2) is 26.9 Å². The van der Waals surface area contributed by atoms with Gasteiger partial charge in [0.15, 0.2) is 5.82 Å². The Morgan fingerprint density at radius 3 is 2.58 bits per heavy atom. The standard InChI is InChI=1S/C28H27FN6O/c1-4-16-9-12-22(29)21(13-16)25(23-15-17-14-18(30)10-11-19(17)26(31)32-23)28-33-27(34-35(28)2)20-7-5-6-8-24(20)36-3/h5-15,25H,4,30H2,1-3H3,(H2,31,32). The highest BCUT2D eigenvalue weighted by atomic mass is 19.1. The van der Waals surface area contributed by atoms with E-state index in [0.717, 1.165) is 28.3 Å². The number of anilines is 2. The molecule has 0 spiro atoms. The van der Waals surface area contributed by atoms with Gasteiger partial charge in [0.25, 0.3) is 0 Å². The van der Waals surface area contributed by atoms with E-state index in [1.807, 2.05) is 55.5 Å². The molecule has 5 aromatic rings. The fourth-order valence-corrected chi connectivity index (χ4v) is 4.53. The average molecular weight is 483 g/mol. The van der Waals surface area contributed by atoms with Gasteiger partial charge in [-0.2, -0.15) is 5.10 Å². The van der Waals surface area contributed by atoms with Gasteiger partial charge in [-0.15, -0.1) is 0 Å². The van der Waals surface area contributed by atoms with Gasteiger partial charge in [0.1, 0.15) is 23.2 Å². The highest BCUT2D eigenvalue weighted by Crippen LogP contribution is 2.37. The third kappa shape index (κ3) is 4.11. The highest BCUT2D eigenvalue weighted by Gasteiger charge is 2.29. The van der Waals surface area contributed by atoms with Gasteiger partial charge in [-0.3, -0.25) is 4.68 Å². The quantitative estimate of drug-likeness (QED) is 0.327. The van der Waals surface area contributed by atoms with E-state index in [0.29, 0.717) is 40.2 Å². The lowest BCUT2D eigenvalue weighted by Crippen LogP contribution is -2.14. The lowest BCUT2D eigenvalue weighted by molar-refractivity contribution is 0.416. The summed E-state index contributed by atoms with van der Waals surface area (Å²) in [4.78, 5) is 9.57. The van der Waals surface area contributed by atoms with Gasteiger partial charge in [-0.05, 0) is 59.8 Å². The molecule has 0 fully saturated rings. The van der Waals surface area contributed by atoms with Gasteiger partial charge in [-0.25, -0.2) is 14.4 Å². The summed E-state index contributed by atoms with van der Waals surface area (Å²) in [6.07, 6.45) is 0.759. The molecular formula is C28H27FN6O. The van der Waals surface area contributed by atoms with E-state index in [-0.39, 0.29) is 5.82 Å². The Bertz CT molecular complexity index is 1580. The van der Waals surface area contributed by atoms with E-state index < -0.39 is 5.92 Å². The predicted molar refractivity (Wildman–Crippen MR) is 140 cm³/mol. The molecule has 0 aliphatic heterocycles. The molecule has 8 heteroatoms. The number of nitrogens with two attached hydrogens (primary N) is 2. The number of halogens is 1. The third-order valence-electron chi connectivity index (χ3n) is 6.38. The number of aryl methyl sites for hydroxylation is 2. The molecule has 0 radical (unpaired) electrons. The molecule has 0 bridgehead atoms. The monoisotopic (exact) mass is 482 g/mol. The molecule has 0 aliphatic rings. The molecular weight excluding hydrogens is 455 g/mol. The van der Waals surface area contributed by atoms with Gasteiger partial charge < -0.3 is 16.2 Å². The number of nitrogen functional groups attached to an aromatic ring is 2. The molecule has 3 aromatic carbocycles. The molecule has 4 N–H and O–H groups in total. The summed E-state index contributed by atoms with van der Waals surface area (Å²) in [7, 11) is 3.39. The maximum absolute atomic E-state index is 15.4. The minimum absolute atomic E-state index is 0.340. The number of aromatic nitrogens is 4. The molecule has 182 valence electrons. The molecule has 0 saturated carbocycles. The van der Waals surface area contributed by atoms with E-state index >= 15 is 4.39 Å². The van der Waals surface area contributed by atoms with E-state index in [9.17, 15) is 0 Å². The largest absolute Gasteiger partial charge is 0.496 e. The zero-order chi connectivity index (χ0) is 25.4. The van der Waals surface area contributed by atoms with E-state index in [2.05, 4.69) is 5.10 Å². The number of hydrogen-bond acceptors (Lipinski definition) is 6. The number of fused-ring (bicyclic) bond motifs is 1. The molecule has 7 nitrogen and oxygen atoms in total. The van der Waals surface area contributed by atoms with Crippen LogP contribution in [0.5, 0.6) is 5.75 Å². The van der Waals surface area contributed by atoms with Crippen molar-refractivity contribution in [1.29, 1.82) is 0 Å². The lowest BCUT2D eigenvalue weighted by atomic mass is 9.91. The Kier molecular flexibility index (Phi) is 6.01. The molecule has 0 aliphatic carbocycles. The molecule has 2 aromatic heterocycles. The first kappa shape index (κ1) is 23.3. The maximum Gasteiger partial charge on any atom is 0.185 e. The van der Waals surface area contributed by atoms with Crippen LogP contribution in [-0.2, 0) is 13.5 Å². The normalized spacial score (nSPS) is 12.1. The minimum Gasteiger partial charge on any atom is -0.496 e. The number of hydrogen-bond donors (Lipinski definition) is 2. The molecule has 36 heavy (non-hydrogen) atoms. The van der Waals surface area contributed by atoms with E-state index in [4.69, 9.17) is 26.2 Å². The number of para-hydroxylation sites is 1. The Morgan fingerprint density at radius 1 is 1.00 bits per heavy atom. The Hall–Kier alpha value is -4.46. The highest BCUT2D eigenvalue weighted by molar-refractivity contribution is 5.93. The van der Waals surface area contributed by atoms with Gasteiger partial charge in [0, 0.05) is 23.7 Å². The molecule has 0 amide bonds. The van der Waals surface area contributed by atoms with Crippen LogP contribution in [0.4, 0.5) is 15.9 Å². The Balaban J connectivity index is 1.77. The summed E-state index contributed by atoms with van der Waals surface area (Å²) in [6, 6.07) is 20.0. The number of methoxy groups -OCH3 is 1. The van der Waals surface area contributed by atoms with Crippen molar-refractivity contribution < 1.29 is 9.13 Å². The average Bonchev–Trinajstić information content (AvgIpc) is 3.25. The number of benzene rings is 3. The molecule has 2 heterocycles. The van der Waals surface area contributed by atoms with E-state index in [1.54, 1.807) is 31.0 Å². The Morgan fingerprint density at radius 2 is 1.81 bits per heavy atom. The van der Waals surface area contributed by atoms with Crippen LogP contribution in [0.15, 0.2) is 66.7 Å². The van der Waals surface area contributed by atoms with Gasteiger partial charge in [0.05, 0.1) is 24.3 Å². The summed E-state index contributed by atoms with van der Waals surface area (Å²) in [5.41, 5.74) is 15.8. The second-order valence-corrected chi connectivity index (χ2v) is 8.67. The first-order chi connectivity index (χ1) is 17.4. The molecule has 1 atom stereocenters. The summed E-state index contributed by atoms with van der Waals surface area (Å²) in [6.45, 7) is 2.03. The molecule has 0 saturated heterocycles. The zero-order valence-electron chi connectivity index (χ0n) is 20.4. The van der Waals surface area contributed by atoms with Crippen molar-refractivity contribution in [1.82, 2.24) is 19.7 Å². The van der Waals surface area contributed by atoms with Crippen LogP contribution in [0.1, 0.15) is 35.5 Å². The topological polar surface area (TPSA) is 105 Å². The van der Waals surface area contributed by atoms with Gasteiger partial charge in [-0.1, -0.05) is 31.2 Å². The minimum atomic E-state index is -0.661. The van der Waals surface area contributed by atoms with Crippen molar-refractivity contribution in [2.24, 2.45) is 7.05 Å². The van der Waals surface area contributed by atoms with Crippen molar-refractivity contribution in [2.75, 3.05) is 18.6 Å². The lowest BCUT2D eigenvalue weighted by Gasteiger charge is -2.19. The predicted octanol–water partition coefficient (Wildman–Crippen LogP) is 5.09. The first-order valence-electron chi connectivity index (χ1n) is 11.7. The van der Waals surface area contributed by atoms with Crippen LogP contribution < -0.4 is 16.2 Å². The summed E-state index contributed by atoms with van der Waals surface area (Å²) < 4.78 is 22.6. The van der Waals surface area contributed by atoms with Crippen LogP contribution in [0, 0.1) is 5.82 Å². The molecule has 5 rings (SSSR count). The van der Waals surface area contributed by atoms with Crippen molar-refractivity contribution in [3.63, 3.8) is 0 Å². The smallest absolute Gasteiger partial charge is 0.185 e. The van der Waals surface area contributed by atoms with Gasteiger partial charge in [0.2, 0.25) is 0 Å². The van der Waals surface area contributed by atoms with Crippen molar-refractivity contribution in [2.45, 2.75) is 19.3 Å². The first-order valence-corrected chi connectivity index (χ1v) is 11.7. The second-order valence-electron chi connectivity index (χ2n) is 8.67. The van der Waals surface area contributed by atoms with E-state index in [1.165, 1.54) is 6.07 Å². The van der Waals surface area contributed by atoms with Crippen LogP contribution in [0.2, 0.25) is 0 Å². The van der Waals surface area contributed by atoms with Crippen LogP contribution >= 0.6 is 0 Å².